The molecule has 0 unspecified atom stereocenters. The number of rotatable bonds is 5. The average molecular weight is 309 g/mol. The summed E-state index contributed by atoms with van der Waals surface area (Å²) in [7, 11) is 0. The fourth-order valence-electron chi connectivity index (χ4n) is 1.98. The van der Waals surface area contributed by atoms with Gasteiger partial charge in [-0.25, -0.2) is 0 Å². The fourth-order valence-corrected chi connectivity index (χ4v) is 2.34. The molecular formula is C16H18Cl2N2. The Labute approximate surface area is 130 Å². The van der Waals surface area contributed by atoms with Crippen molar-refractivity contribution in [3.05, 3.63) is 57.6 Å². The Morgan fingerprint density at radius 2 is 1.45 bits per heavy atom. The zero-order chi connectivity index (χ0) is 14.5. The molecule has 2 rings (SSSR count). The molecule has 2 nitrogen and oxygen atoms in total. The third kappa shape index (κ3) is 3.59. The van der Waals surface area contributed by atoms with Crippen LogP contribution in [0.2, 0.25) is 10.0 Å². The Hall–Kier alpha value is -1.38. The third-order valence-electron chi connectivity index (χ3n) is 3.31. The molecule has 0 saturated heterocycles. The molecule has 0 aromatic heterocycles. The van der Waals surface area contributed by atoms with Crippen LogP contribution in [0.3, 0.4) is 0 Å². The van der Waals surface area contributed by atoms with Crippen LogP contribution >= 0.6 is 23.2 Å². The normalized spacial score (nSPS) is 10.4. The van der Waals surface area contributed by atoms with E-state index in [9.17, 15) is 0 Å². The number of benzene rings is 2. The van der Waals surface area contributed by atoms with Crippen molar-refractivity contribution < 1.29 is 0 Å². The molecule has 0 aliphatic rings. The Kier molecular flexibility index (Phi) is 5.16. The van der Waals surface area contributed by atoms with Crippen LogP contribution in [0, 0.1) is 13.8 Å². The van der Waals surface area contributed by atoms with Gasteiger partial charge < -0.3 is 10.6 Å². The van der Waals surface area contributed by atoms with E-state index >= 15 is 0 Å². The van der Waals surface area contributed by atoms with Crippen molar-refractivity contribution in [2.45, 2.75) is 13.8 Å². The second-order valence-corrected chi connectivity index (χ2v) is 5.49. The maximum atomic E-state index is 6.12. The minimum Gasteiger partial charge on any atom is -0.383 e. The molecule has 2 aromatic rings. The highest BCUT2D eigenvalue weighted by Crippen LogP contribution is 2.29. The molecule has 0 amide bonds. The van der Waals surface area contributed by atoms with Crippen LogP contribution in [0.1, 0.15) is 11.1 Å². The first-order chi connectivity index (χ1) is 9.59. The molecule has 0 aliphatic carbocycles. The highest BCUT2D eigenvalue weighted by Gasteiger charge is 2.03. The van der Waals surface area contributed by atoms with Crippen molar-refractivity contribution in [1.29, 1.82) is 0 Å². The smallest absolute Gasteiger partial charge is 0.0823 e. The summed E-state index contributed by atoms with van der Waals surface area (Å²) in [6, 6.07) is 11.9. The second kappa shape index (κ2) is 6.87. The SMILES string of the molecule is Cc1cccc(NCCNc2cccc(Cl)c2Cl)c1C. The van der Waals surface area contributed by atoms with Gasteiger partial charge in [-0.05, 0) is 43.2 Å². The molecule has 0 radical (unpaired) electrons. The van der Waals surface area contributed by atoms with Gasteiger partial charge in [0.15, 0.2) is 0 Å². The van der Waals surface area contributed by atoms with E-state index in [1.165, 1.54) is 16.8 Å². The Morgan fingerprint density at radius 3 is 2.20 bits per heavy atom. The van der Waals surface area contributed by atoms with Crippen LogP contribution in [0.25, 0.3) is 0 Å². The molecule has 2 aromatic carbocycles. The highest BCUT2D eigenvalue weighted by atomic mass is 35.5. The molecule has 0 fully saturated rings. The molecule has 4 heteroatoms. The molecule has 0 heterocycles. The summed E-state index contributed by atoms with van der Waals surface area (Å²) in [6.45, 7) is 5.82. The van der Waals surface area contributed by atoms with Gasteiger partial charge >= 0.3 is 0 Å². The summed E-state index contributed by atoms with van der Waals surface area (Å²) < 4.78 is 0. The van der Waals surface area contributed by atoms with Crippen molar-refractivity contribution in [2.24, 2.45) is 0 Å². The van der Waals surface area contributed by atoms with E-state index in [1.807, 2.05) is 12.1 Å². The van der Waals surface area contributed by atoms with Crippen LogP contribution in [0.15, 0.2) is 36.4 Å². The average Bonchev–Trinajstić information content (AvgIpc) is 2.43. The first-order valence-electron chi connectivity index (χ1n) is 6.57. The third-order valence-corrected chi connectivity index (χ3v) is 4.13. The van der Waals surface area contributed by atoms with Gasteiger partial charge in [0.1, 0.15) is 0 Å². The standard InChI is InChI=1S/C16H18Cl2N2/c1-11-5-3-7-14(12(11)2)19-9-10-20-15-8-4-6-13(17)16(15)18/h3-8,19-20H,9-10H2,1-2H3. The zero-order valence-corrected chi connectivity index (χ0v) is 13.1. The topological polar surface area (TPSA) is 24.1 Å². The molecular weight excluding hydrogens is 291 g/mol. The number of anilines is 2. The molecule has 2 N–H and O–H groups in total. The number of halogens is 2. The van der Waals surface area contributed by atoms with E-state index < -0.39 is 0 Å². The quantitative estimate of drug-likeness (QED) is 0.748. The fraction of sp³-hybridized carbons (Fsp3) is 0.250. The lowest BCUT2D eigenvalue weighted by atomic mass is 10.1. The van der Waals surface area contributed by atoms with Crippen LogP contribution in [-0.2, 0) is 0 Å². The maximum Gasteiger partial charge on any atom is 0.0823 e. The van der Waals surface area contributed by atoms with Crippen LogP contribution in [-0.4, -0.2) is 13.1 Å². The van der Waals surface area contributed by atoms with Gasteiger partial charge in [0.25, 0.3) is 0 Å². The van der Waals surface area contributed by atoms with Crippen LogP contribution in [0.5, 0.6) is 0 Å². The van der Waals surface area contributed by atoms with E-state index in [2.05, 4.69) is 42.7 Å². The molecule has 20 heavy (non-hydrogen) atoms. The van der Waals surface area contributed by atoms with E-state index in [0.717, 1.165) is 18.8 Å². The molecule has 0 saturated carbocycles. The van der Waals surface area contributed by atoms with Crippen molar-refractivity contribution in [3.8, 4) is 0 Å². The van der Waals surface area contributed by atoms with Crippen molar-refractivity contribution in [1.82, 2.24) is 0 Å². The number of hydrogen-bond acceptors (Lipinski definition) is 2. The number of aryl methyl sites for hydroxylation is 1. The van der Waals surface area contributed by atoms with Gasteiger partial charge in [-0.2, -0.15) is 0 Å². The van der Waals surface area contributed by atoms with Gasteiger partial charge in [0, 0.05) is 18.8 Å². The van der Waals surface area contributed by atoms with E-state index in [0.29, 0.717) is 10.0 Å². The van der Waals surface area contributed by atoms with Crippen LogP contribution < -0.4 is 10.6 Å². The summed E-state index contributed by atoms with van der Waals surface area (Å²) in [6.07, 6.45) is 0. The predicted octanol–water partition coefficient (Wildman–Crippen LogP) is 5.13. The molecule has 106 valence electrons. The zero-order valence-electron chi connectivity index (χ0n) is 11.6. The molecule has 0 bridgehead atoms. The monoisotopic (exact) mass is 308 g/mol. The largest absolute Gasteiger partial charge is 0.383 e. The second-order valence-electron chi connectivity index (χ2n) is 4.70. The van der Waals surface area contributed by atoms with Gasteiger partial charge in [-0.1, -0.05) is 41.4 Å². The Bertz CT molecular complexity index is 544. The van der Waals surface area contributed by atoms with E-state index in [4.69, 9.17) is 23.2 Å². The van der Waals surface area contributed by atoms with Crippen molar-refractivity contribution >= 4 is 34.6 Å². The van der Waals surface area contributed by atoms with Crippen LogP contribution in [0.4, 0.5) is 11.4 Å². The number of nitrogens with one attached hydrogen (secondary N) is 2. The minimum absolute atomic E-state index is 0.569. The lowest BCUT2D eigenvalue weighted by molar-refractivity contribution is 1.07. The maximum absolute atomic E-state index is 6.12. The summed E-state index contributed by atoms with van der Waals surface area (Å²) in [5.74, 6) is 0. The highest BCUT2D eigenvalue weighted by molar-refractivity contribution is 6.43. The van der Waals surface area contributed by atoms with Gasteiger partial charge in [-0.15, -0.1) is 0 Å². The minimum atomic E-state index is 0.569. The lowest BCUT2D eigenvalue weighted by Gasteiger charge is -2.13. The first kappa shape index (κ1) is 15.0. The van der Waals surface area contributed by atoms with Gasteiger partial charge in [0.05, 0.1) is 15.7 Å². The summed E-state index contributed by atoms with van der Waals surface area (Å²) in [5.41, 5.74) is 4.61. The number of hydrogen-bond donors (Lipinski definition) is 2. The molecule has 0 atom stereocenters. The van der Waals surface area contributed by atoms with E-state index in [-0.39, 0.29) is 0 Å². The molecule has 0 aliphatic heterocycles. The summed E-state index contributed by atoms with van der Waals surface area (Å²) in [4.78, 5) is 0. The van der Waals surface area contributed by atoms with E-state index in [1.54, 1.807) is 6.07 Å². The molecule has 0 spiro atoms. The predicted molar refractivity (Wildman–Crippen MR) is 89.4 cm³/mol. The van der Waals surface area contributed by atoms with Crippen molar-refractivity contribution in [2.75, 3.05) is 23.7 Å². The lowest BCUT2D eigenvalue weighted by Crippen LogP contribution is -2.14. The van der Waals surface area contributed by atoms with Gasteiger partial charge in [-0.3, -0.25) is 0 Å². The Balaban J connectivity index is 1.88. The summed E-state index contributed by atoms with van der Waals surface area (Å²) in [5, 5.41) is 7.84. The summed E-state index contributed by atoms with van der Waals surface area (Å²) >= 11 is 12.1. The van der Waals surface area contributed by atoms with Gasteiger partial charge in [0.2, 0.25) is 0 Å². The Morgan fingerprint density at radius 1 is 0.850 bits per heavy atom. The van der Waals surface area contributed by atoms with Crippen molar-refractivity contribution in [3.63, 3.8) is 0 Å². The first-order valence-corrected chi connectivity index (χ1v) is 7.33.